The van der Waals surface area contributed by atoms with Crippen LogP contribution in [0.1, 0.15) is 30.3 Å². The quantitative estimate of drug-likeness (QED) is 0.878. The molecule has 1 heterocycles. The van der Waals surface area contributed by atoms with Gasteiger partial charge in [-0.25, -0.2) is 4.39 Å². The van der Waals surface area contributed by atoms with Gasteiger partial charge in [0.05, 0.1) is 0 Å². The lowest BCUT2D eigenvalue weighted by Crippen LogP contribution is -2.36. The fourth-order valence-electron chi connectivity index (χ4n) is 1.96. The second-order valence-electron chi connectivity index (χ2n) is 4.88. The van der Waals surface area contributed by atoms with Crippen LogP contribution in [0.3, 0.4) is 0 Å². The van der Waals surface area contributed by atoms with Crippen LogP contribution in [0, 0.1) is 5.82 Å². The van der Waals surface area contributed by atoms with Crippen LogP contribution in [0.5, 0.6) is 0 Å². The van der Waals surface area contributed by atoms with Crippen molar-refractivity contribution >= 4 is 11.3 Å². The summed E-state index contributed by atoms with van der Waals surface area (Å²) in [5.74, 6) is -0.224. The maximum absolute atomic E-state index is 13.6. The van der Waals surface area contributed by atoms with E-state index < -0.39 is 5.60 Å². The first kappa shape index (κ1) is 14.2. The third-order valence-electron chi connectivity index (χ3n) is 3.18. The van der Waals surface area contributed by atoms with Gasteiger partial charge in [0.1, 0.15) is 11.4 Å². The van der Waals surface area contributed by atoms with Crippen molar-refractivity contribution in [2.75, 3.05) is 6.54 Å². The molecular formula is C15H18FNOS. The van der Waals surface area contributed by atoms with E-state index in [4.69, 9.17) is 0 Å². The maximum atomic E-state index is 13.6. The van der Waals surface area contributed by atoms with Crippen molar-refractivity contribution in [3.63, 3.8) is 0 Å². The second kappa shape index (κ2) is 5.82. The molecule has 0 bridgehead atoms. The predicted molar refractivity (Wildman–Crippen MR) is 76.7 cm³/mol. The molecule has 1 aromatic carbocycles. The Kier molecular flexibility index (Phi) is 4.34. The fraction of sp³-hybridized carbons (Fsp3) is 0.333. The largest absolute Gasteiger partial charge is 0.383 e. The van der Waals surface area contributed by atoms with Crippen molar-refractivity contribution < 1.29 is 9.50 Å². The monoisotopic (exact) mass is 279 g/mol. The first-order valence-corrected chi connectivity index (χ1v) is 7.13. The SMILES string of the molecule is C[C@H](NC[C@@](C)(O)c1cccs1)c1ccccc1F. The van der Waals surface area contributed by atoms with Crippen LogP contribution >= 0.6 is 11.3 Å². The van der Waals surface area contributed by atoms with Gasteiger partial charge in [0.2, 0.25) is 0 Å². The first-order valence-electron chi connectivity index (χ1n) is 6.25. The van der Waals surface area contributed by atoms with Crippen LogP contribution in [0.4, 0.5) is 4.39 Å². The molecular weight excluding hydrogens is 261 g/mol. The third-order valence-corrected chi connectivity index (χ3v) is 4.30. The normalized spacial score (nSPS) is 16.0. The minimum absolute atomic E-state index is 0.146. The van der Waals surface area contributed by atoms with Gasteiger partial charge in [0.15, 0.2) is 0 Å². The highest BCUT2D eigenvalue weighted by Gasteiger charge is 2.25. The molecule has 0 spiro atoms. The zero-order valence-corrected chi connectivity index (χ0v) is 11.9. The first-order chi connectivity index (χ1) is 9.00. The molecule has 4 heteroatoms. The van der Waals surface area contributed by atoms with Crippen molar-refractivity contribution in [2.24, 2.45) is 0 Å². The van der Waals surface area contributed by atoms with Gasteiger partial charge >= 0.3 is 0 Å². The molecule has 2 N–H and O–H groups in total. The van der Waals surface area contributed by atoms with Crippen LogP contribution < -0.4 is 5.32 Å². The van der Waals surface area contributed by atoms with Crippen LogP contribution in [0.15, 0.2) is 41.8 Å². The lowest BCUT2D eigenvalue weighted by atomic mass is 10.0. The number of hydrogen-bond donors (Lipinski definition) is 2. The Labute approximate surface area is 116 Å². The zero-order valence-electron chi connectivity index (χ0n) is 11.1. The molecule has 2 atom stereocenters. The van der Waals surface area contributed by atoms with Crippen molar-refractivity contribution in [1.82, 2.24) is 5.32 Å². The van der Waals surface area contributed by atoms with Crippen molar-refractivity contribution in [1.29, 1.82) is 0 Å². The Morgan fingerprint density at radius 1 is 1.32 bits per heavy atom. The van der Waals surface area contributed by atoms with Crippen LogP contribution in [-0.4, -0.2) is 11.7 Å². The molecule has 0 aliphatic rings. The minimum atomic E-state index is -0.937. The van der Waals surface area contributed by atoms with E-state index in [2.05, 4.69) is 5.32 Å². The molecule has 0 fully saturated rings. The summed E-state index contributed by atoms with van der Waals surface area (Å²) < 4.78 is 13.6. The fourth-order valence-corrected chi connectivity index (χ4v) is 2.75. The van der Waals surface area contributed by atoms with Crippen molar-refractivity contribution in [2.45, 2.75) is 25.5 Å². The van der Waals surface area contributed by atoms with Crippen LogP contribution in [0.2, 0.25) is 0 Å². The average molecular weight is 279 g/mol. The highest BCUT2D eigenvalue weighted by molar-refractivity contribution is 7.10. The van der Waals surface area contributed by atoms with Crippen molar-refractivity contribution in [3.05, 3.63) is 58.0 Å². The molecule has 0 aliphatic heterocycles. The molecule has 0 unspecified atom stereocenters. The molecule has 0 amide bonds. The van der Waals surface area contributed by atoms with Crippen LogP contribution in [-0.2, 0) is 5.60 Å². The summed E-state index contributed by atoms with van der Waals surface area (Å²) in [6.07, 6.45) is 0. The standard InChI is InChI=1S/C15H18FNOS/c1-11(12-6-3-4-7-13(12)16)17-10-15(2,18)14-8-5-9-19-14/h3-9,11,17-18H,10H2,1-2H3/t11-,15+/m0/s1. The molecule has 2 rings (SSSR count). The Hall–Kier alpha value is -1.23. The predicted octanol–water partition coefficient (Wildman–Crippen LogP) is 3.45. The summed E-state index contributed by atoms with van der Waals surface area (Å²) in [7, 11) is 0. The Morgan fingerprint density at radius 3 is 2.68 bits per heavy atom. The highest BCUT2D eigenvalue weighted by Crippen LogP contribution is 2.25. The Morgan fingerprint density at radius 2 is 2.05 bits per heavy atom. The number of hydrogen-bond acceptors (Lipinski definition) is 3. The van der Waals surface area contributed by atoms with Gasteiger partial charge in [-0.2, -0.15) is 0 Å². The topological polar surface area (TPSA) is 32.3 Å². The van der Waals surface area contributed by atoms with E-state index in [1.165, 1.54) is 17.4 Å². The molecule has 0 radical (unpaired) electrons. The van der Waals surface area contributed by atoms with Gasteiger partial charge in [-0.15, -0.1) is 11.3 Å². The lowest BCUT2D eigenvalue weighted by molar-refractivity contribution is 0.0580. The average Bonchev–Trinajstić information content (AvgIpc) is 2.91. The van der Waals surface area contributed by atoms with E-state index in [0.29, 0.717) is 12.1 Å². The summed E-state index contributed by atoms with van der Waals surface area (Å²) in [6, 6.07) is 10.4. The van der Waals surface area contributed by atoms with Gasteiger partial charge in [-0.1, -0.05) is 24.3 Å². The number of halogens is 1. The Balaban J connectivity index is 2.01. The minimum Gasteiger partial charge on any atom is -0.383 e. The third kappa shape index (κ3) is 3.41. The van der Waals surface area contributed by atoms with E-state index in [1.54, 1.807) is 19.1 Å². The number of thiophene rings is 1. The highest BCUT2D eigenvalue weighted by atomic mass is 32.1. The molecule has 2 nitrogen and oxygen atoms in total. The smallest absolute Gasteiger partial charge is 0.127 e. The molecule has 0 saturated carbocycles. The summed E-state index contributed by atoms with van der Waals surface area (Å²) in [5.41, 5.74) is -0.322. The molecule has 2 aromatic rings. The van der Waals surface area contributed by atoms with Gasteiger partial charge in [0.25, 0.3) is 0 Å². The maximum Gasteiger partial charge on any atom is 0.127 e. The van der Waals surface area contributed by atoms with Gasteiger partial charge in [0, 0.05) is 23.0 Å². The second-order valence-corrected chi connectivity index (χ2v) is 5.82. The Bertz CT molecular complexity index is 525. The van der Waals surface area contributed by atoms with E-state index in [-0.39, 0.29) is 11.9 Å². The van der Waals surface area contributed by atoms with Crippen LogP contribution in [0.25, 0.3) is 0 Å². The summed E-state index contributed by atoms with van der Waals surface area (Å²) in [4.78, 5) is 0.903. The number of aliphatic hydroxyl groups is 1. The lowest BCUT2D eigenvalue weighted by Gasteiger charge is -2.25. The molecule has 1 aromatic heterocycles. The van der Waals surface area contributed by atoms with Gasteiger partial charge in [-0.3, -0.25) is 0 Å². The summed E-state index contributed by atoms with van der Waals surface area (Å²) in [6.45, 7) is 4.03. The van der Waals surface area contributed by atoms with E-state index >= 15 is 0 Å². The molecule has 0 saturated heterocycles. The number of benzene rings is 1. The molecule has 102 valence electrons. The van der Waals surface area contributed by atoms with Gasteiger partial charge in [-0.05, 0) is 31.4 Å². The summed E-state index contributed by atoms with van der Waals surface area (Å²) in [5, 5.41) is 15.5. The zero-order chi connectivity index (χ0) is 13.9. The van der Waals surface area contributed by atoms with E-state index in [0.717, 1.165) is 4.88 Å². The van der Waals surface area contributed by atoms with Gasteiger partial charge < -0.3 is 10.4 Å². The molecule has 19 heavy (non-hydrogen) atoms. The summed E-state index contributed by atoms with van der Waals surface area (Å²) >= 11 is 1.52. The van der Waals surface area contributed by atoms with E-state index in [9.17, 15) is 9.50 Å². The molecule has 0 aliphatic carbocycles. The number of rotatable bonds is 5. The van der Waals surface area contributed by atoms with E-state index in [1.807, 2.05) is 30.5 Å². The number of nitrogens with one attached hydrogen (secondary N) is 1. The van der Waals surface area contributed by atoms with Crippen molar-refractivity contribution in [3.8, 4) is 0 Å².